The summed E-state index contributed by atoms with van der Waals surface area (Å²) in [5, 5.41) is 3.34. The highest BCUT2D eigenvalue weighted by molar-refractivity contribution is 14.0. The Bertz CT molecular complexity index is 460. The number of rotatable bonds is 9. The molecule has 0 saturated carbocycles. The van der Waals surface area contributed by atoms with Crippen molar-refractivity contribution < 1.29 is 4.74 Å². The molecule has 0 aliphatic rings. The predicted molar refractivity (Wildman–Crippen MR) is 110 cm³/mol. The van der Waals surface area contributed by atoms with Gasteiger partial charge in [0.1, 0.15) is 5.75 Å². The van der Waals surface area contributed by atoms with Gasteiger partial charge in [0.05, 0.1) is 7.11 Å². The van der Waals surface area contributed by atoms with Crippen LogP contribution in [0, 0.1) is 0 Å². The lowest BCUT2D eigenvalue weighted by Gasteiger charge is -2.21. The Hall–Kier alpha value is -1.24. The van der Waals surface area contributed by atoms with Crippen molar-refractivity contribution in [1.82, 2.24) is 10.2 Å². The Morgan fingerprint density at radius 1 is 1.35 bits per heavy atom. The molecule has 0 atom stereocenters. The van der Waals surface area contributed by atoms with Crippen molar-refractivity contribution in [1.29, 1.82) is 0 Å². The number of hydrogen-bond donors (Lipinski definition) is 1. The van der Waals surface area contributed by atoms with Crippen LogP contribution >= 0.6 is 24.0 Å². The zero-order valence-corrected chi connectivity index (χ0v) is 16.9. The van der Waals surface area contributed by atoms with E-state index in [9.17, 15) is 0 Å². The van der Waals surface area contributed by atoms with Gasteiger partial charge in [-0.1, -0.05) is 18.2 Å². The van der Waals surface area contributed by atoms with E-state index in [4.69, 9.17) is 9.73 Å². The Balaban J connectivity index is 0.00000484. The molecule has 130 valence electrons. The van der Waals surface area contributed by atoms with Crippen molar-refractivity contribution in [2.45, 2.75) is 26.2 Å². The normalized spacial score (nSPS) is 10.7. The van der Waals surface area contributed by atoms with Crippen LogP contribution in [-0.4, -0.2) is 44.7 Å². The van der Waals surface area contributed by atoms with Gasteiger partial charge in [-0.15, -0.1) is 30.6 Å². The SMILES string of the molecule is C=CCCCN(C)C(=NCCc1ccc(OC)cc1)NCC.I. The van der Waals surface area contributed by atoms with E-state index in [1.165, 1.54) is 5.56 Å². The molecule has 5 heteroatoms. The maximum Gasteiger partial charge on any atom is 0.193 e. The summed E-state index contributed by atoms with van der Waals surface area (Å²) in [6, 6.07) is 8.17. The van der Waals surface area contributed by atoms with Crippen molar-refractivity contribution >= 4 is 29.9 Å². The number of methoxy groups -OCH3 is 1. The molecule has 0 saturated heterocycles. The molecule has 0 bridgehead atoms. The van der Waals surface area contributed by atoms with Crippen LogP contribution in [0.3, 0.4) is 0 Å². The number of ether oxygens (including phenoxy) is 1. The molecule has 1 N–H and O–H groups in total. The van der Waals surface area contributed by atoms with Gasteiger partial charge in [-0.25, -0.2) is 0 Å². The summed E-state index contributed by atoms with van der Waals surface area (Å²) in [5.41, 5.74) is 1.27. The third kappa shape index (κ3) is 8.83. The fourth-order valence-corrected chi connectivity index (χ4v) is 2.13. The van der Waals surface area contributed by atoms with E-state index < -0.39 is 0 Å². The summed E-state index contributed by atoms with van der Waals surface area (Å²) in [6.45, 7) is 8.50. The number of unbranched alkanes of at least 4 members (excludes halogenated alkanes) is 1. The molecule has 0 radical (unpaired) electrons. The fourth-order valence-electron chi connectivity index (χ4n) is 2.13. The average molecular weight is 431 g/mol. The maximum absolute atomic E-state index is 5.17. The first-order valence-electron chi connectivity index (χ1n) is 7.94. The first kappa shape index (κ1) is 21.8. The summed E-state index contributed by atoms with van der Waals surface area (Å²) in [4.78, 5) is 6.89. The molecule has 0 unspecified atom stereocenters. The number of nitrogens with zero attached hydrogens (tertiary/aromatic N) is 2. The lowest BCUT2D eigenvalue weighted by Crippen LogP contribution is -2.39. The third-order valence-electron chi connectivity index (χ3n) is 3.42. The first-order valence-corrected chi connectivity index (χ1v) is 7.94. The largest absolute Gasteiger partial charge is 0.497 e. The van der Waals surface area contributed by atoms with Gasteiger partial charge in [0, 0.05) is 26.7 Å². The molecular formula is C18H30IN3O. The van der Waals surface area contributed by atoms with E-state index in [0.29, 0.717) is 0 Å². The zero-order valence-electron chi connectivity index (χ0n) is 14.5. The molecule has 0 heterocycles. The average Bonchev–Trinajstić information content (AvgIpc) is 2.55. The summed E-state index contributed by atoms with van der Waals surface area (Å²) in [5.74, 6) is 1.86. The predicted octanol–water partition coefficient (Wildman–Crippen LogP) is 3.72. The van der Waals surface area contributed by atoms with Crippen LogP contribution in [0.15, 0.2) is 41.9 Å². The molecular weight excluding hydrogens is 401 g/mol. The van der Waals surface area contributed by atoms with Crippen LogP contribution < -0.4 is 10.1 Å². The highest BCUT2D eigenvalue weighted by atomic mass is 127. The molecule has 0 spiro atoms. The van der Waals surface area contributed by atoms with Crippen molar-refractivity contribution in [3.8, 4) is 5.75 Å². The minimum absolute atomic E-state index is 0. The van der Waals surface area contributed by atoms with Crippen LogP contribution in [0.25, 0.3) is 0 Å². The summed E-state index contributed by atoms with van der Waals surface area (Å²) in [7, 11) is 3.77. The summed E-state index contributed by atoms with van der Waals surface area (Å²) in [6.07, 6.45) is 5.03. The van der Waals surface area contributed by atoms with Gasteiger partial charge in [0.2, 0.25) is 0 Å². The van der Waals surface area contributed by atoms with E-state index >= 15 is 0 Å². The van der Waals surface area contributed by atoms with Crippen LogP contribution in [0.5, 0.6) is 5.75 Å². The lowest BCUT2D eigenvalue weighted by molar-refractivity contribution is 0.414. The smallest absolute Gasteiger partial charge is 0.193 e. The first-order chi connectivity index (χ1) is 10.7. The fraction of sp³-hybridized carbons (Fsp3) is 0.500. The summed E-state index contributed by atoms with van der Waals surface area (Å²) >= 11 is 0. The van der Waals surface area contributed by atoms with Crippen molar-refractivity contribution in [2.24, 2.45) is 4.99 Å². The van der Waals surface area contributed by atoms with Gasteiger partial charge in [0.15, 0.2) is 5.96 Å². The van der Waals surface area contributed by atoms with E-state index in [1.54, 1.807) is 7.11 Å². The van der Waals surface area contributed by atoms with Gasteiger partial charge < -0.3 is 15.0 Å². The minimum atomic E-state index is 0. The second-order valence-electron chi connectivity index (χ2n) is 5.19. The van der Waals surface area contributed by atoms with E-state index in [1.807, 2.05) is 18.2 Å². The molecule has 0 aromatic heterocycles. The number of halogens is 1. The molecule has 23 heavy (non-hydrogen) atoms. The van der Waals surface area contributed by atoms with Gasteiger partial charge >= 0.3 is 0 Å². The Kier molecular flexibility index (Phi) is 12.5. The number of guanidine groups is 1. The van der Waals surface area contributed by atoms with Gasteiger partial charge in [-0.2, -0.15) is 0 Å². The number of benzene rings is 1. The van der Waals surface area contributed by atoms with Gasteiger partial charge in [0.25, 0.3) is 0 Å². The Labute approximate surface area is 158 Å². The van der Waals surface area contributed by atoms with Crippen LogP contribution in [0.2, 0.25) is 0 Å². The van der Waals surface area contributed by atoms with Crippen molar-refractivity contribution in [2.75, 3.05) is 33.8 Å². The van der Waals surface area contributed by atoms with Gasteiger partial charge in [-0.3, -0.25) is 4.99 Å². The molecule has 0 fully saturated rings. The topological polar surface area (TPSA) is 36.9 Å². The standard InChI is InChI=1S/C18H29N3O.HI/c1-5-7-8-15-21(3)18(19-6-2)20-14-13-16-9-11-17(22-4)12-10-16;/h5,9-12H,1,6-8,13-15H2,2-4H3,(H,19,20);1H. The lowest BCUT2D eigenvalue weighted by atomic mass is 10.1. The maximum atomic E-state index is 5.17. The quantitative estimate of drug-likeness (QED) is 0.213. The molecule has 0 amide bonds. The summed E-state index contributed by atoms with van der Waals surface area (Å²) < 4.78 is 5.17. The van der Waals surface area contributed by atoms with E-state index in [2.05, 4.69) is 42.9 Å². The molecule has 1 rings (SSSR count). The number of allylic oxidation sites excluding steroid dienone is 1. The van der Waals surface area contributed by atoms with Crippen LogP contribution in [0.4, 0.5) is 0 Å². The molecule has 4 nitrogen and oxygen atoms in total. The number of aliphatic imine (C=N–C) groups is 1. The minimum Gasteiger partial charge on any atom is -0.497 e. The van der Waals surface area contributed by atoms with Crippen LogP contribution in [-0.2, 0) is 6.42 Å². The second-order valence-corrected chi connectivity index (χ2v) is 5.19. The highest BCUT2D eigenvalue weighted by Crippen LogP contribution is 2.11. The van der Waals surface area contributed by atoms with Crippen LogP contribution in [0.1, 0.15) is 25.3 Å². The highest BCUT2D eigenvalue weighted by Gasteiger charge is 2.04. The molecule has 1 aromatic rings. The van der Waals surface area contributed by atoms with Crippen molar-refractivity contribution in [3.05, 3.63) is 42.5 Å². The van der Waals surface area contributed by atoms with Crippen molar-refractivity contribution in [3.63, 3.8) is 0 Å². The monoisotopic (exact) mass is 431 g/mol. The van der Waals surface area contributed by atoms with E-state index in [0.717, 1.165) is 50.6 Å². The molecule has 1 aromatic carbocycles. The third-order valence-corrected chi connectivity index (χ3v) is 3.42. The second kappa shape index (κ2) is 13.2. The molecule has 0 aliphatic carbocycles. The Morgan fingerprint density at radius 2 is 2.04 bits per heavy atom. The van der Waals surface area contributed by atoms with E-state index in [-0.39, 0.29) is 24.0 Å². The van der Waals surface area contributed by atoms with Gasteiger partial charge in [-0.05, 0) is 43.9 Å². The number of nitrogens with one attached hydrogen (secondary N) is 1. The Morgan fingerprint density at radius 3 is 2.61 bits per heavy atom. The zero-order chi connectivity index (χ0) is 16.2. The molecule has 0 aliphatic heterocycles. The number of hydrogen-bond acceptors (Lipinski definition) is 2.